The molecule has 1 aromatic heterocycles. The summed E-state index contributed by atoms with van der Waals surface area (Å²) in [7, 11) is 0. The van der Waals surface area contributed by atoms with Crippen LogP contribution in [-0.4, -0.2) is 4.98 Å². The molecule has 1 heterocycles. The number of aromatic nitrogens is 1. The first kappa shape index (κ1) is 14.3. The molecule has 110 valence electrons. The van der Waals surface area contributed by atoms with Crippen LogP contribution < -0.4 is 0 Å². The van der Waals surface area contributed by atoms with E-state index in [-0.39, 0.29) is 5.52 Å². The number of nitrogens with zero attached hydrogens (tertiary/aromatic N) is 1. The molecule has 0 fully saturated rings. The Labute approximate surface area is 125 Å². The van der Waals surface area contributed by atoms with Gasteiger partial charge in [-0.2, -0.15) is 13.2 Å². The normalized spacial score (nSPS) is 11.6. The number of hydrogen-bond acceptors (Lipinski definition) is 1. The number of hydrogen-bond donors (Lipinski definition) is 0. The van der Waals surface area contributed by atoms with E-state index in [0.29, 0.717) is 16.7 Å². The molecule has 1 nitrogen and oxygen atoms in total. The van der Waals surface area contributed by atoms with Gasteiger partial charge in [0.25, 0.3) is 0 Å². The molecule has 0 spiro atoms. The maximum atomic E-state index is 13.1. The average Bonchev–Trinajstić information content (AvgIpc) is 2.53. The third-order valence-electron chi connectivity index (χ3n) is 3.46. The van der Waals surface area contributed by atoms with E-state index >= 15 is 0 Å². The summed E-state index contributed by atoms with van der Waals surface area (Å²) in [5.41, 5.74) is 1.09. The van der Waals surface area contributed by atoms with Gasteiger partial charge in [-0.3, -0.25) is 0 Å². The number of fused-ring (bicyclic) bond motifs is 1. The molecule has 0 aliphatic carbocycles. The molecule has 3 aromatic rings. The van der Waals surface area contributed by atoms with Gasteiger partial charge in [0.05, 0.1) is 16.8 Å². The molecule has 0 radical (unpaired) electrons. The van der Waals surface area contributed by atoms with Crippen LogP contribution in [0.5, 0.6) is 0 Å². The molecule has 3 rings (SSSR count). The van der Waals surface area contributed by atoms with E-state index in [0.717, 1.165) is 11.6 Å². The average molecular weight is 299 g/mol. The zero-order chi connectivity index (χ0) is 15.7. The molecule has 2 aromatic carbocycles. The monoisotopic (exact) mass is 299 g/mol. The van der Waals surface area contributed by atoms with Crippen molar-refractivity contribution in [1.82, 2.24) is 4.98 Å². The van der Waals surface area contributed by atoms with Crippen molar-refractivity contribution in [2.24, 2.45) is 0 Å². The zero-order valence-corrected chi connectivity index (χ0v) is 11.6. The van der Waals surface area contributed by atoms with E-state index in [1.807, 2.05) is 30.3 Å². The fourth-order valence-electron chi connectivity index (χ4n) is 2.33. The summed E-state index contributed by atoms with van der Waals surface area (Å²) < 4.78 is 39.3. The van der Waals surface area contributed by atoms with Crippen molar-refractivity contribution in [3.8, 4) is 0 Å². The van der Waals surface area contributed by atoms with Gasteiger partial charge in [0.2, 0.25) is 0 Å². The van der Waals surface area contributed by atoms with E-state index in [1.54, 1.807) is 18.2 Å². The van der Waals surface area contributed by atoms with Crippen LogP contribution in [0, 0.1) is 0 Å². The molecule has 22 heavy (non-hydrogen) atoms. The number of halogens is 3. The maximum absolute atomic E-state index is 13.1. The minimum Gasteiger partial charge on any atom is -0.247 e. The molecule has 0 bridgehead atoms. The number of benzene rings is 2. The summed E-state index contributed by atoms with van der Waals surface area (Å²) in [6.07, 6.45) is -4.43. The molecule has 0 atom stereocenters. The van der Waals surface area contributed by atoms with Gasteiger partial charge in [-0.1, -0.05) is 55.1 Å². The second kappa shape index (κ2) is 5.30. The highest BCUT2D eigenvalue weighted by molar-refractivity contribution is 5.86. The van der Waals surface area contributed by atoms with E-state index in [1.165, 1.54) is 6.07 Å². The third kappa shape index (κ3) is 2.60. The fraction of sp³-hybridized carbons (Fsp3) is 0.0556. The fourth-order valence-corrected chi connectivity index (χ4v) is 2.33. The number of rotatable bonds is 2. The second-order valence-electron chi connectivity index (χ2n) is 4.92. The summed E-state index contributed by atoms with van der Waals surface area (Å²) in [5, 5.41) is 0.458. The van der Waals surface area contributed by atoms with Crippen molar-refractivity contribution < 1.29 is 13.2 Å². The highest BCUT2D eigenvalue weighted by Gasteiger charge is 2.33. The lowest BCUT2D eigenvalue weighted by molar-refractivity contribution is -0.136. The Balaban J connectivity index is 2.15. The van der Waals surface area contributed by atoms with Crippen molar-refractivity contribution in [1.29, 1.82) is 0 Å². The lowest BCUT2D eigenvalue weighted by Gasteiger charge is -2.12. The van der Waals surface area contributed by atoms with Gasteiger partial charge < -0.3 is 0 Å². The van der Waals surface area contributed by atoms with Gasteiger partial charge in [0.1, 0.15) is 0 Å². The van der Waals surface area contributed by atoms with Gasteiger partial charge in [-0.05, 0) is 17.7 Å². The molecule has 0 N–H and O–H groups in total. The lowest BCUT2D eigenvalue weighted by Crippen LogP contribution is -2.07. The highest BCUT2D eigenvalue weighted by atomic mass is 19.4. The Hall–Kier alpha value is -2.62. The Morgan fingerprint density at radius 3 is 2.27 bits per heavy atom. The van der Waals surface area contributed by atoms with Crippen molar-refractivity contribution in [2.45, 2.75) is 6.18 Å². The number of pyridine rings is 1. The smallest absolute Gasteiger partial charge is 0.247 e. The van der Waals surface area contributed by atoms with Crippen LogP contribution in [0.3, 0.4) is 0 Å². The summed E-state index contributed by atoms with van der Waals surface area (Å²) in [4.78, 5) is 4.20. The van der Waals surface area contributed by atoms with Gasteiger partial charge >= 0.3 is 6.18 Å². The predicted octanol–water partition coefficient (Wildman–Crippen LogP) is 5.32. The van der Waals surface area contributed by atoms with Gasteiger partial charge in [-0.15, -0.1) is 0 Å². The topological polar surface area (TPSA) is 12.9 Å². The standard InChI is InChI=1S/C18H12F3N/c1-12(13-6-3-2-4-7-13)16-11-10-14-8-5-9-15(17(14)22-16)18(19,20)21/h2-11H,1H2. The van der Waals surface area contributed by atoms with Gasteiger partial charge in [0, 0.05) is 11.0 Å². The molecule has 0 saturated carbocycles. The second-order valence-corrected chi connectivity index (χ2v) is 4.92. The Kier molecular flexibility index (Phi) is 3.45. The number of alkyl halides is 3. The van der Waals surface area contributed by atoms with Crippen LogP contribution in [0.25, 0.3) is 16.5 Å². The highest BCUT2D eigenvalue weighted by Crippen LogP contribution is 2.34. The lowest BCUT2D eigenvalue weighted by atomic mass is 10.0. The van der Waals surface area contributed by atoms with Crippen molar-refractivity contribution >= 4 is 16.5 Å². The molecule has 4 heteroatoms. The summed E-state index contributed by atoms with van der Waals surface area (Å²) >= 11 is 0. The Bertz CT molecular complexity index is 836. The van der Waals surface area contributed by atoms with Crippen LogP contribution in [-0.2, 0) is 6.18 Å². The molecule has 0 aliphatic rings. The van der Waals surface area contributed by atoms with Crippen LogP contribution >= 0.6 is 0 Å². The molecule has 0 saturated heterocycles. The Morgan fingerprint density at radius 1 is 0.864 bits per heavy atom. The van der Waals surface area contributed by atoms with Crippen LogP contribution in [0.2, 0.25) is 0 Å². The maximum Gasteiger partial charge on any atom is 0.418 e. The van der Waals surface area contributed by atoms with E-state index in [9.17, 15) is 13.2 Å². The summed E-state index contributed by atoms with van der Waals surface area (Å²) in [6.45, 7) is 3.95. The van der Waals surface area contributed by atoms with Gasteiger partial charge in [0.15, 0.2) is 0 Å². The number of para-hydroxylation sites is 1. The van der Waals surface area contributed by atoms with Crippen molar-refractivity contribution in [3.05, 3.63) is 84.1 Å². The molecule has 0 aliphatic heterocycles. The van der Waals surface area contributed by atoms with Crippen LogP contribution in [0.15, 0.2) is 67.2 Å². The molecule has 0 amide bonds. The third-order valence-corrected chi connectivity index (χ3v) is 3.46. The van der Waals surface area contributed by atoms with Crippen molar-refractivity contribution in [3.63, 3.8) is 0 Å². The van der Waals surface area contributed by atoms with E-state index in [2.05, 4.69) is 11.6 Å². The first-order chi connectivity index (χ1) is 10.5. The molecular formula is C18H12F3N. The van der Waals surface area contributed by atoms with Crippen molar-refractivity contribution in [2.75, 3.05) is 0 Å². The minimum absolute atomic E-state index is 0.0513. The first-order valence-corrected chi connectivity index (χ1v) is 6.68. The van der Waals surface area contributed by atoms with E-state index < -0.39 is 11.7 Å². The predicted molar refractivity (Wildman–Crippen MR) is 81.3 cm³/mol. The zero-order valence-electron chi connectivity index (χ0n) is 11.6. The quantitative estimate of drug-likeness (QED) is 0.624. The Morgan fingerprint density at radius 2 is 1.59 bits per heavy atom. The minimum atomic E-state index is -4.43. The summed E-state index contributed by atoms with van der Waals surface area (Å²) in [6, 6.07) is 16.7. The largest absolute Gasteiger partial charge is 0.418 e. The first-order valence-electron chi connectivity index (χ1n) is 6.68. The van der Waals surface area contributed by atoms with Crippen LogP contribution in [0.1, 0.15) is 16.8 Å². The van der Waals surface area contributed by atoms with E-state index in [4.69, 9.17) is 0 Å². The van der Waals surface area contributed by atoms with Crippen LogP contribution in [0.4, 0.5) is 13.2 Å². The molecular weight excluding hydrogens is 287 g/mol. The molecule has 0 unspecified atom stereocenters. The van der Waals surface area contributed by atoms with Gasteiger partial charge in [-0.25, -0.2) is 4.98 Å². The SMILES string of the molecule is C=C(c1ccccc1)c1ccc2cccc(C(F)(F)F)c2n1. The summed E-state index contributed by atoms with van der Waals surface area (Å²) in [5.74, 6) is 0.